The second-order valence-corrected chi connectivity index (χ2v) is 8.21. The largest absolute Gasteiger partial charge is 0.493 e. The van der Waals surface area contributed by atoms with Gasteiger partial charge in [0.25, 0.3) is 5.91 Å². The van der Waals surface area contributed by atoms with Crippen LogP contribution in [0.25, 0.3) is 11.3 Å². The Kier molecular flexibility index (Phi) is 6.57. The summed E-state index contributed by atoms with van der Waals surface area (Å²) in [5.41, 5.74) is 1.66. The van der Waals surface area contributed by atoms with Crippen LogP contribution in [0.2, 0.25) is 0 Å². The molecule has 0 aliphatic carbocycles. The number of nitrogens with one attached hydrogen (secondary N) is 2. The maximum Gasteiger partial charge on any atom is 0.269 e. The second-order valence-electron chi connectivity index (χ2n) is 5.82. The fourth-order valence-corrected chi connectivity index (χ4v) is 2.80. The summed E-state index contributed by atoms with van der Waals surface area (Å²) < 4.78 is 28.9. The van der Waals surface area contributed by atoms with Gasteiger partial charge in [0.2, 0.25) is 0 Å². The quantitative estimate of drug-likeness (QED) is 0.736. The van der Waals surface area contributed by atoms with Crippen molar-refractivity contribution in [3.63, 3.8) is 0 Å². The van der Waals surface area contributed by atoms with Gasteiger partial charge in [-0.3, -0.25) is 9.89 Å². The minimum absolute atomic E-state index is 0.106. The van der Waals surface area contributed by atoms with E-state index < -0.39 is 15.1 Å². The van der Waals surface area contributed by atoms with Crippen molar-refractivity contribution in [2.75, 3.05) is 13.2 Å². The number of aromatic nitrogens is 2. The molecule has 0 spiro atoms. The Morgan fingerprint density at radius 2 is 2.08 bits per heavy atom. The van der Waals surface area contributed by atoms with E-state index in [1.165, 1.54) is 6.08 Å². The summed E-state index contributed by atoms with van der Waals surface area (Å²) in [5, 5.41) is 10.1. The Bertz CT molecular complexity index is 885. The molecular weight excluding hydrogens is 354 g/mol. The van der Waals surface area contributed by atoms with E-state index in [0.29, 0.717) is 18.1 Å². The lowest BCUT2D eigenvalue weighted by molar-refractivity contribution is 0.0953. The first-order valence-electron chi connectivity index (χ1n) is 8.31. The number of sulfone groups is 1. The highest BCUT2D eigenvalue weighted by atomic mass is 32.2. The number of ether oxygens (including phenoxy) is 1. The molecule has 7 nitrogen and oxygen atoms in total. The first-order chi connectivity index (χ1) is 12.3. The fourth-order valence-electron chi connectivity index (χ4n) is 2.12. The fraction of sp³-hybridized carbons (Fsp3) is 0.333. The highest BCUT2D eigenvalue weighted by molar-refractivity contribution is 7.94. The Morgan fingerprint density at radius 3 is 2.77 bits per heavy atom. The molecule has 140 valence electrons. The van der Waals surface area contributed by atoms with E-state index >= 15 is 0 Å². The van der Waals surface area contributed by atoms with Crippen molar-refractivity contribution in [2.45, 2.75) is 26.0 Å². The Morgan fingerprint density at radius 1 is 1.35 bits per heavy atom. The molecule has 2 aromatic rings. The van der Waals surface area contributed by atoms with Gasteiger partial charge in [-0.05, 0) is 39.0 Å². The number of amides is 1. The lowest BCUT2D eigenvalue weighted by Gasteiger charge is -2.07. The number of nitrogens with zero attached hydrogens (tertiary/aromatic N) is 1. The van der Waals surface area contributed by atoms with E-state index in [-0.39, 0.29) is 18.1 Å². The average Bonchev–Trinajstić information content (AvgIpc) is 3.09. The van der Waals surface area contributed by atoms with Crippen LogP contribution in [-0.2, 0) is 9.84 Å². The molecule has 26 heavy (non-hydrogen) atoms. The van der Waals surface area contributed by atoms with Crippen LogP contribution in [0, 0.1) is 0 Å². The van der Waals surface area contributed by atoms with Gasteiger partial charge in [-0.15, -0.1) is 0 Å². The molecule has 8 heteroatoms. The number of para-hydroxylation sites is 1. The van der Waals surface area contributed by atoms with Crippen molar-refractivity contribution < 1.29 is 17.9 Å². The van der Waals surface area contributed by atoms with Gasteiger partial charge in [-0.25, -0.2) is 8.42 Å². The van der Waals surface area contributed by atoms with Gasteiger partial charge in [0.05, 0.1) is 17.6 Å². The Hall–Kier alpha value is -2.61. The molecule has 0 aliphatic rings. The number of rotatable bonds is 8. The topological polar surface area (TPSA) is 101 Å². The molecule has 2 N–H and O–H groups in total. The first kappa shape index (κ1) is 19.7. The Labute approximate surface area is 153 Å². The predicted molar refractivity (Wildman–Crippen MR) is 101 cm³/mol. The first-order valence-corrected chi connectivity index (χ1v) is 9.92. The van der Waals surface area contributed by atoms with Gasteiger partial charge in [0.15, 0.2) is 9.84 Å². The third-order valence-electron chi connectivity index (χ3n) is 3.61. The van der Waals surface area contributed by atoms with Crippen molar-refractivity contribution in [3.05, 3.63) is 47.5 Å². The van der Waals surface area contributed by atoms with Gasteiger partial charge in [-0.2, -0.15) is 5.10 Å². The van der Waals surface area contributed by atoms with E-state index in [0.717, 1.165) is 11.0 Å². The number of hydrogen-bond acceptors (Lipinski definition) is 5. The number of H-pyrrole nitrogens is 1. The molecule has 0 aliphatic heterocycles. The molecule has 1 heterocycles. The molecule has 0 bridgehead atoms. The molecule has 0 unspecified atom stereocenters. The molecule has 1 aromatic carbocycles. The van der Waals surface area contributed by atoms with E-state index in [1.807, 2.05) is 31.2 Å². The zero-order chi connectivity index (χ0) is 19.2. The van der Waals surface area contributed by atoms with Gasteiger partial charge >= 0.3 is 0 Å². The highest BCUT2D eigenvalue weighted by Gasteiger charge is 2.14. The van der Waals surface area contributed by atoms with Crippen LogP contribution in [0.15, 0.2) is 41.8 Å². The molecule has 0 fully saturated rings. The lowest BCUT2D eigenvalue weighted by Crippen LogP contribution is -2.24. The normalized spacial score (nSPS) is 11.8. The standard InChI is InChI=1S/C18H23N3O4S/c1-4-25-17-9-6-5-8-14(17)15-12-16(21-20-15)18(22)19-10-7-11-26(23,24)13(2)3/h5-9,11-13H,4,10H2,1-3H3,(H,19,22)(H,20,21)/b11-7+. The second kappa shape index (κ2) is 8.66. The van der Waals surface area contributed by atoms with E-state index in [9.17, 15) is 13.2 Å². The maximum absolute atomic E-state index is 12.2. The molecule has 2 rings (SSSR count). The van der Waals surface area contributed by atoms with E-state index in [1.54, 1.807) is 19.9 Å². The smallest absolute Gasteiger partial charge is 0.269 e. The van der Waals surface area contributed by atoms with Crippen LogP contribution >= 0.6 is 0 Å². The summed E-state index contributed by atoms with van der Waals surface area (Å²) in [5.74, 6) is 0.319. The average molecular weight is 377 g/mol. The van der Waals surface area contributed by atoms with Crippen molar-refractivity contribution >= 4 is 15.7 Å². The molecular formula is C18H23N3O4S. The summed E-state index contributed by atoms with van der Waals surface area (Å²) in [6.45, 7) is 5.73. The summed E-state index contributed by atoms with van der Waals surface area (Å²) in [7, 11) is -3.27. The van der Waals surface area contributed by atoms with Crippen LogP contribution in [0.3, 0.4) is 0 Å². The van der Waals surface area contributed by atoms with Crippen LogP contribution in [-0.4, -0.2) is 42.9 Å². The third kappa shape index (κ3) is 4.95. The molecule has 1 aromatic heterocycles. The summed E-state index contributed by atoms with van der Waals surface area (Å²) >= 11 is 0. The minimum atomic E-state index is -3.27. The van der Waals surface area contributed by atoms with Crippen LogP contribution in [0.5, 0.6) is 5.75 Å². The number of benzene rings is 1. The molecule has 0 saturated carbocycles. The van der Waals surface area contributed by atoms with Crippen molar-refractivity contribution in [2.24, 2.45) is 0 Å². The maximum atomic E-state index is 12.2. The van der Waals surface area contributed by atoms with Crippen molar-refractivity contribution in [3.8, 4) is 17.0 Å². The summed E-state index contributed by atoms with van der Waals surface area (Å²) in [4.78, 5) is 12.2. The zero-order valence-corrected chi connectivity index (χ0v) is 15.8. The van der Waals surface area contributed by atoms with E-state index in [2.05, 4.69) is 15.5 Å². The Balaban J connectivity index is 2.04. The number of carbonyl (C=O) groups excluding carboxylic acids is 1. The van der Waals surface area contributed by atoms with Gasteiger partial charge < -0.3 is 10.1 Å². The van der Waals surface area contributed by atoms with Crippen molar-refractivity contribution in [1.82, 2.24) is 15.5 Å². The number of carbonyl (C=O) groups is 1. The molecule has 0 atom stereocenters. The number of aromatic amines is 1. The molecule has 1 amide bonds. The van der Waals surface area contributed by atoms with Crippen LogP contribution in [0.1, 0.15) is 31.3 Å². The minimum Gasteiger partial charge on any atom is -0.493 e. The van der Waals surface area contributed by atoms with Crippen molar-refractivity contribution in [1.29, 1.82) is 0 Å². The van der Waals surface area contributed by atoms with Gasteiger partial charge in [0.1, 0.15) is 11.4 Å². The lowest BCUT2D eigenvalue weighted by atomic mass is 10.1. The molecule has 0 radical (unpaired) electrons. The summed E-state index contributed by atoms with van der Waals surface area (Å²) in [6, 6.07) is 9.07. The zero-order valence-electron chi connectivity index (χ0n) is 15.0. The number of hydrogen-bond donors (Lipinski definition) is 2. The molecule has 0 saturated heterocycles. The van der Waals surface area contributed by atoms with Crippen LogP contribution in [0.4, 0.5) is 0 Å². The summed E-state index contributed by atoms with van der Waals surface area (Å²) in [6.07, 6.45) is 1.41. The SMILES string of the molecule is CCOc1ccccc1-c1cc(C(=O)NC/C=C/S(=O)(=O)C(C)C)[nH]n1. The third-order valence-corrected chi connectivity index (χ3v) is 5.49. The predicted octanol–water partition coefficient (Wildman–Crippen LogP) is 2.54. The van der Waals surface area contributed by atoms with E-state index in [4.69, 9.17) is 4.74 Å². The highest BCUT2D eigenvalue weighted by Crippen LogP contribution is 2.28. The monoisotopic (exact) mass is 377 g/mol. The van der Waals surface area contributed by atoms with Gasteiger partial charge in [-0.1, -0.05) is 18.2 Å². The van der Waals surface area contributed by atoms with Crippen LogP contribution < -0.4 is 10.1 Å². The van der Waals surface area contributed by atoms with Gasteiger partial charge in [0, 0.05) is 17.5 Å².